The van der Waals surface area contributed by atoms with Crippen LogP contribution in [0.5, 0.6) is 0 Å². The van der Waals surface area contributed by atoms with Gasteiger partial charge in [0.05, 0.1) is 11.5 Å². The summed E-state index contributed by atoms with van der Waals surface area (Å²) in [6.45, 7) is 1.73. The molecule has 0 spiro atoms. The molecule has 3 nitrogen and oxygen atoms in total. The first-order chi connectivity index (χ1) is 7.54. The summed E-state index contributed by atoms with van der Waals surface area (Å²) in [7, 11) is 0. The normalized spacial score (nSPS) is 19.1. The van der Waals surface area contributed by atoms with E-state index in [0.717, 1.165) is 24.0 Å². The molecular weight excluding hydrogens is 204 g/mol. The highest BCUT2D eigenvalue weighted by Crippen LogP contribution is 2.48. The third-order valence-electron chi connectivity index (χ3n) is 3.17. The quantitative estimate of drug-likeness (QED) is 0.812. The largest absolute Gasteiger partial charge is 0.481 e. The fraction of sp³-hybridized carbons (Fsp3) is 0.462. The van der Waals surface area contributed by atoms with Crippen molar-refractivity contribution in [2.75, 3.05) is 0 Å². The molecule has 16 heavy (non-hydrogen) atoms. The van der Waals surface area contributed by atoms with Crippen LogP contribution in [0.1, 0.15) is 30.9 Å². The van der Waals surface area contributed by atoms with E-state index in [9.17, 15) is 15.0 Å². The molecule has 0 aromatic heterocycles. The van der Waals surface area contributed by atoms with Crippen molar-refractivity contribution < 1.29 is 15.0 Å². The second-order valence-electron chi connectivity index (χ2n) is 4.64. The lowest BCUT2D eigenvalue weighted by atomic mass is 9.93. The van der Waals surface area contributed by atoms with E-state index in [1.807, 2.05) is 24.3 Å². The molecule has 0 amide bonds. The summed E-state index contributed by atoms with van der Waals surface area (Å²) in [5.74, 6) is -0.735. The maximum atomic E-state index is 11.2. The van der Waals surface area contributed by atoms with Crippen LogP contribution in [0, 0.1) is 0 Å². The van der Waals surface area contributed by atoms with Gasteiger partial charge in [0.2, 0.25) is 0 Å². The zero-order valence-electron chi connectivity index (χ0n) is 9.31. The van der Waals surface area contributed by atoms with Gasteiger partial charge < -0.3 is 10.2 Å². The van der Waals surface area contributed by atoms with Crippen LogP contribution >= 0.6 is 0 Å². The number of aliphatic carboxylic acids is 1. The summed E-state index contributed by atoms with van der Waals surface area (Å²) in [5.41, 5.74) is 1.23. The Morgan fingerprint density at radius 1 is 1.50 bits per heavy atom. The maximum absolute atomic E-state index is 11.2. The van der Waals surface area contributed by atoms with Crippen molar-refractivity contribution >= 4 is 5.97 Å². The minimum absolute atomic E-state index is 0.393. The Labute approximate surface area is 94.7 Å². The number of hydrogen-bond donors (Lipinski definition) is 2. The van der Waals surface area contributed by atoms with E-state index in [2.05, 4.69) is 0 Å². The van der Waals surface area contributed by atoms with Gasteiger partial charge in [0.1, 0.15) is 0 Å². The van der Waals surface area contributed by atoms with Crippen LogP contribution in [0.2, 0.25) is 0 Å². The number of carboxylic acids is 1. The molecule has 1 aliphatic carbocycles. The predicted octanol–water partition coefficient (Wildman–Crippen LogP) is 1.73. The van der Waals surface area contributed by atoms with E-state index in [1.54, 1.807) is 6.92 Å². The van der Waals surface area contributed by atoms with E-state index in [1.165, 1.54) is 0 Å². The highest BCUT2D eigenvalue weighted by atomic mass is 16.4. The molecule has 1 fully saturated rings. The van der Waals surface area contributed by atoms with Gasteiger partial charge in [-0.1, -0.05) is 24.3 Å². The van der Waals surface area contributed by atoms with Crippen LogP contribution in [0.3, 0.4) is 0 Å². The highest BCUT2D eigenvalue weighted by molar-refractivity contribution is 5.84. The van der Waals surface area contributed by atoms with Gasteiger partial charge in [-0.05, 0) is 37.3 Å². The first-order valence-electron chi connectivity index (χ1n) is 5.55. The molecule has 1 aliphatic rings. The van der Waals surface area contributed by atoms with Gasteiger partial charge in [-0.2, -0.15) is 0 Å². The summed E-state index contributed by atoms with van der Waals surface area (Å²) >= 11 is 0. The van der Waals surface area contributed by atoms with Crippen LogP contribution < -0.4 is 0 Å². The summed E-state index contributed by atoms with van der Waals surface area (Å²) in [4.78, 5) is 11.2. The summed E-state index contributed by atoms with van der Waals surface area (Å²) in [6.07, 6.45) is 1.63. The third-order valence-corrected chi connectivity index (χ3v) is 3.17. The molecule has 0 radical (unpaired) electrons. The number of aliphatic hydroxyl groups is 1. The predicted molar refractivity (Wildman–Crippen MR) is 60.4 cm³/mol. The highest BCUT2D eigenvalue weighted by Gasteiger charge is 2.51. The second kappa shape index (κ2) is 3.91. The van der Waals surface area contributed by atoms with Crippen LogP contribution in [-0.2, 0) is 16.6 Å². The Bertz CT molecular complexity index is 405. The molecule has 0 saturated heterocycles. The van der Waals surface area contributed by atoms with Crippen LogP contribution in [0.15, 0.2) is 24.3 Å². The molecule has 1 saturated carbocycles. The summed E-state index contributed by atoms with van der Waals surface area (Å²) in [5, 5.41) is 18.5. The second-order valence-corrected chi connectivity index (χ2v) is 4.64. The first-order valence-corrected chi connectivity index (χ1v) is 5.55. The smallest absolute Gasteiger partial charge is 0.314 e. The minimum atomic E-state index is -0.735. The lowest BCUT2D eigenvalue weighted by Crippen LogP contribution is -2.19. The van der Waals surface area contributed by atoms with Gasteiger partial charge in [0.25, 0.3) is 0 Å². The Balaban J connectivity index is 2.26. The molecule has 2 rings (SSSR count). The van der Waals surface area contributed by atoms with Crippen LogP contribution in [-0.4, -0.2) is 22.3 Å². The minimum Gasteiger partial charge on any atom is -0.481 e. The van der Waals surface area contributed by atoms with Gasteiger partial charge >= 0.3 is 5.97 Å². The number of carboxylic acid groups (broad SMARTS) is 1. The third kappa shape index (κ3) is 1.95. The first kappa shape index (κ1) is 11.1. The van der Waals surface area contributed by atoms with Crippen molar-refractivity contribution in [1.29, 1.82) is 0 Å². The van der Waals surface area contributed by atoms with E-state index in [-0.39, 0.29) is 0 Å². The van der Waals surface area contributed by atoms with Gasteiger partial charge in [0, 0.05) is 0 Å². The Kier molecular flexibility index (Phi) is 2.72. The average Bonchev–Trinajstić information content (AvgIpc) is 2.97. The van der Waals surface area contributed by atoms with Gasteiger partial charge in [-0.25, -0.2) is 0 Å². The molecule has 2 N–H and O–H groups in total. The lowest BCUT2D eigenvalue weighted by Gasteiger charge is -2.12. The number of carbonyl (C=O) groups is 1. The van der Waals surface area contributed by atoms with Gasteiger partial charge in [-0.15, -0.1) is 0 Å². The maximum Gasteiger partial charge on any atom is 0.314 e. The average molecular weight is 220 g/mol. The molecule has 0 aliphatic heterocycles. The van der Waals surface area contributed by atoms with Crippen molar-refractivity contribution in [2.45, 2.75) is 37.7 Å². The van der Waals surface area contributed by atoms with E-state index in [4.69, 9.17) is 0 Å². The lowest BCUT2D eigenvalue weighted by molar-refractivity contribution is -0.140. The molecule has 1 aromatic rings. The van der Waals surface area contributed by atoms with E-state index in [0.29, 0.717) is 6.42 Å². The van der Waals surface area contributed by atoms with Crippen LogP contribution in [0.25, 0.3) is 0 Å². The Hall–Kier alpha value is -1.35. The van der Waals surface area contributed by atoms with Gasteiger partial charge in [0.15, 0.2) is 0 Å². The van der Waals surface area contributed by atoms with Crippen molar-refractivity contribution in [2.24, 2.45) is 0 Å². The van der Waals surface area contributed by atoms with Crippen molar-refractivity contribution in [3.8, 4) is 0 Å². The molecule has 0 bridgehead atoms. The molecule has 1 unspecified atom stereocenters. The monoisotopic (exact) mass is 220 g/mol. The van der Waals surface area contributed by atoms with Crippen molar-refractivity contribution in [1.82, 2.24) is 0 Å². The molecule has 86 valence electrons. The number of aliphatic hydroxyl groups excluding tert-OH is 1. The molecule has 1 aromatic carbocycles. The molecule has 0 heterocycles. The zero-order valence-corrected chi connectivity index (χ0v) is 9.31. The zero-order chi connectivity index (χ0) is 11.8. The fourth-order valence-electron chi connectivity index (χ4n) is 2.09. The summed E-state index contributed by atoms with van der Waals surface area (Å²) in [6, 6.07) is 7.57. The summed E-state index contributed by atoms with van der Waals surface area (Å²) < 4.78 is 0. The Morgan fingerprint density at radius 2 is 2.19 bits per heavy atom. The SMILES string of the molecule is CC(O)Cc1cccc(C2(C(=O)O)CC2)c1. The molecule has 1 atom stereocenters. The topological polar surface area (TPSA) is 57.5 Å². The van der Waals surface area contributed by atoms with Crippen molar-refractivity contribution in [3.05, 3.63) is 35.4 Å². The molecular formula is C13H16O3. The fourth-order valence-corrected chi connectivity index (χ4v) is 2.09. The Morgan fingerprint density at radius 3 is 2.69 bits per heavy atom. The number of hydrogen-bond acceptors (Lipinski definition) is 2. The van der Waals surface area contributed by atoms with E-state index >= 15 is 0 Å². The van der Waals surface area contributed by atoms with Gasteiger partial charge in [-0.3, -0.25) is 4.79 Å². The number of rotatable bonds is 4. The molecule has 3 heteroatoms. The van der Waals surface area contributed by atoms with Crippen LogP contribution in [0.4, 0.5) is 0 Å². The number of benzene rings is 1. The standard InChI is InChI=1S/C13H16O3/c1-9(14)7-10-3-2-4-11(8-10)13(5-6-13)12(15)16/h2-4,8-9,14H,5-7H2,1H3,(H,15,16). The van der Waals surface area contributed by atoms with E-state index < -0.39 is 17.5 Å². The van der Waals surface area contributed by atoms with Crippen molar-refractivity contribution in [3.63, 3.8) is 0 Å².